The van der Waals surface area contributed by atoms with Crippen molar-refractivity contribution in [2.45, 2.75) is 204 Å². The summed E-state index contributed by atoms with van der Waals surface area (Å²) in [5, 5.41) is 52.8. The number of alkyl halides is 4. The van der Waals surface area contributed by atoms with E-state index < -0.39 is 105 Å². The maximum atomic E-state index is 11.7. The van der Waals surface area contributed by atoms with Gasteiger partial charge in [0.05, 0.1) is 90.5 Å². The average Bonchev–Trinajstić information content (AvgIpc) is 1.58. The van der Waals surface area contributed by atoms with Crippen LogP contribution in [0.3, 0.4) is 0 Å². The summed E-state index contributed by atoms with van der Waals surface area (Å²) in [5.41, 5.74) is -2.93. The van der Waals surface area contributed by atoms with Crippen LogP contribution >= 0.6 is 46.4 Å². The topological polar surface area (TPSA) is 490 Å². The van der Waals surface area contributed by atoms with Crippen molar-refractivity contribution in [3.8, 4) is 0 Å². The SMILES string of the molecule is C.C1CCOC1.C=C(C)C(=O)OCC.CCOC(=O)C(C)=O.CCOC(=O)C1(C)CC1C(=O)O.CCOC(=O)C1(C)CC1C(=O)OC(C)(C)C.CCOC(=O)C1(C)CC1NC(=O)OCc1ccccc1.CCOC(=O)C1(O)CC1NC(=O)OCc1ccccc1.ClCCl.ClCCl.O=C(NC1CC1(O)C(=O)O)OCc1ccccc1.O=CO[O-].[H-].[K+].[K+]. The summed E-state index contributed by atoms with van der Waals surface area (Å²) in [6.45, 7) is 31.2. The molecule has 40 heteroatoms. The molecule has 10 atom stereocenters. The smallest absolute Gasteiger partial charge is 1.00 e. The maximum Gasteiger partial charge on any atom is 1.00 e. The number of carbonyl (C=O) groups is 14. The number of Topliss-reactive ketones (excluding diaryl/α,β-unsaturated/α-hetero) is 1. The maximum absolute atomic E-state index is 11.7. The molecule has 3 aromatic carbocycles. The van der Waals surface area contributed by atoms with Crippen molar-refractivity contribution < 1.29 is 254 Å². The van der Waals surface area contributed by atoms with Crippen molar-refractivity contribution in [3.63, 3.8) is 0 Å². The number of alkyl carbamates (subject to hydrolysis) is 3. The minimum atomic E-state index is -1.84. The summed E-state index contributed by atoms with van der Waals surface area (Å²) >= 11 is 19.1. The number of carbonyl (C=O) groups excluding carboxylic acids is 12. The minimum Gasteiger partial charge on any atom is -1.00 e. The standard InChI is InChI=1S/C15H19NO4.C14H17NO5.C12H13NO5.C12H20O4.C8H12O4.C6H10O2.C5H8O3.C4H8O.2CH2Cl2.CH2O3.CH4.2K.H/c1-3-19-13(17)15(2)9-12(15)16-14(18)20-10-11-7-5-4-6-8-11;1-2-19-12(16)14(18)8-11(14)15-13(17)20-9-10-6-4-3-5-7-10;14-10(15)12(17)6-9(12)13-11(16)18-7-8-4-2-1-3-5-8;1-6-15-10(14)12(5)7-8(12)9(13)16-11(2,3)4;1-3-12-7(11)8(2)4-5(8)6(9)10;1-4-8-6(7)5(2)3;1-3-8-5(7)4(2)6;1-2-4-5-3-1;2*2-1-3;2-1-4-3;;;;/h4-8,12H,3,9-10H2,1-2H3,(H,16,18);3-7,11,18H,2,8-9H2,1H3,(H,15,17);1-5,9,17H,6-7H2,(H,13,16)(H,14,15);8H,6-7H2,1-5H3;5H,3-4H2,1-2H3,(H,9,10);2,4H2,1,3H3;3H2,1-2H3;1-4H2;2*1H2;1,3H;1H4;;;/q;;;;;;;;;;;;2*+1;-1/p-1. The predicted molar refractivity (Wildman–Crippen MR) is 430 cm³/mol. The van der Waals surface area contributed by atoms with Crippen molar-refractivity contribution >= 4 is 131 Å². The third-order valence-corrected chi connectivity index (χ3v) is 16.4. The van der Waals surface area contributed by atoms with Gasteiger partial charge in [-0.05, 0) is 139 Å². The van der Waals surface area contributed by atoms with Crippen LogP contribution in [0.25, 0.3) is 0 Å². The average molecular weight is 1840 g/mol. The third-order valence-electron chi connectivity index (χ3n) is 16.4. The summed E-state index contributed by atoms with van der Waals surface area (Å²) in [4.78, 5) is 155. The number of aliphatic carboxylic acids is 2. The zero-order chi connectivity index (χ0) is 89.8. The molecular formula is C80H117Cl4K2N3O31. The molecule has 5 aliphatic carbocycles. The number of hydrogen-bond acceptors (Lipinski definition) is 29. The van der Waals surface area contributed by atoms with Gasteiger partial charge in [-0.25, -0.2) is 33.6 Å². The van der Waals surface area contributed by atoms with Crippen molar-refractivity contribution in [2.75, 3.05) is 63.5 Å². The van der Waals surface area contributed by atoms with E-state index in [1.807, 2.05) is 99.6 Å². The van der Waals surface area contributed by atoms with Crippen LogP contribution in [-0.2, 0) is 130 Å². The number of ether oxygens (including phenoxy) is 11. The molecule has 3 aromatic rings. The fourth-order valence-corrected chi connectivity index (χ4v) is 9.23. The van der Waals surface area contributed by atoms with Gasteiger partial charge in [0, 0.05) is 44.6 Å². The first-order chi connectivity index (χ1) is 55.0. The molecule has 3 amide bonds. The Morgan fingerprint density at radius 1 is 0.500 bits per heavy atom. The van der Waals surface area contributed by atoms with Crippen LogP contribution in [0.4, 0.5) is 14.4 Å². The Bertz CT molecular complexity index is 3470. The van der Waals surface area contributed by atoms with Crippen LogP contribution in [0.15, 0.2) is 103 Å². The quantitative estimate of drug-likeness (QED) is 0.00711. The number of esters is 7. The summed E-state index contributed by atoms with van der Waals surface area (Å²) in [6, 6.07) is 26.1. The number of rotatable bonds is 25. The zero-order valence-electron chi connectivity index (χ0n) is 71.3. The van der Waals surface area contributed by atoms with E-state index in [9.17, 15) is 72.5 Å². The molecule has 7 N–H and O–H groups in total. The number of ketones is 1. The summed E-state index contributed by atoms with van der Waals surface area (Å²) in [7, 11) is 0. The molecule has 6 fully saturated rings. The van der Waals surface area contributed by atoms with Crippen LogP contribution in [-0.4, -0.2) is 203 Å². The van der Waals surface area contributed by atoms with Gasteiger partial charge in [-0.2, -0.15) is 0 Å². The van der Waals surface area contributed by atoms with Gasteiger partial charge in [0.1, 0.15) is 25.4 Å². The van der Waals surface area contributed by atoms with E-state index in [0.29, 0.717) is 51.3 Å². The molecular weight excluding hydrogens is 1720 g/mol. The first-order valence-electron chi connectivity index (χ1n) is 36.8. The third kappa shape index (κ3) is 50.6. The zero-order valence-corrected chi connectivity index (χ0v) is 79.6. The summed E-state index contributed by atoms with van der Waals surface area (Å²) in [6.07, 6.45) is 2.32. The van der Waals surface area contributed by atoms with E-state index in [2.05, 4.69) is 36.9 Å². The van der Waals surface area contributed by atoms with Crippen molar-refractivity contribution in [1.82, 2.24) is 16.0 Å². The molecule has 9 rings (SSSR count). The summed E-state index contributed by atoms with van der Waals surface area (Å²) in [5.74, 6) is -6.73. The molecule has 0 radical (unpaired) electrons. The number of nitrogens with one attached hydrogen (secondary N) is 3. The normalized spacial score (nSPS) is 21.4. The molecule has 10 unspecified atom stereocenters. The van der Waals surface area contributed by atoms with E-state index in [0.717, 1.165) is 29.9 Å². The van der Waals surface area contributed by atoms with E-state index in [4.69, 9.17) is 109 Å². The second-order valence-electron chi connectivity index (χ2n) is 27.1. The second kappa shape index (κ2) is 65.5. The molecule has 1 heterocycles. The van der Waals surface area contributed by atoms with Crippen LogP contribution < -0.4 is 124 Å². The molecule has 0 aromatic heterocycles. The van der Waals surface area contributed by atoms with E-state index in [1.54, 1.807) is 81.4 Å². The number of aliphatic hydroxyl groups is 2. The number of amides is 3. The minimum absolute atomic E-state index is 0. The van der Waals surface area contributed by atoms with Gasteiger partial charge in [0.2, 0.25) is 5.78 Å². The van der Waals surface area contributed by atoms with Crippen molar-refractivity contribution in [2.24, 2.45) is 28.1 Å². The Balaban J connectivity index is -0.000000313. The largest absolute Gasteiger partial charge is 1.00 e. The number of hydrogen-bond donors (Lipinski definition) is 7. The fourth-order valence-electron chi connectivity index (χ4n) is 9.23. The van der Waals surface area contributed by atoms with Crippen LogP contribution in [0.5, 0.6) is 0 Å². The Morgan fingerprint density at radius 2 is 0.808 bits per heavy atom. The molecule has 668 valence electrons. The summed E-state index contributed by atoms with van der Waals surface area (Å²) < 4.78 is 53.5. The fraction of sp³-hybridized carbons (Fsp3) is 0.575. The second-order valence-corrected chi connectivity index (χ2v) is 28.7. The number of benzene rings is 3. The molecule has 0 spiro atoms. The Morgan fingerprint density at radius 3 is 1.07 bits per heavy atom. The van der Waals surface area contributed by atoms with Gasteiger partial charge in [-0.1, -0.05) is 105 Å². The van der Waals surface area contributed by atoms with E-state index in [1.165, 1.54) is 19.8 Å². The monoisotopic (exact) mass is 1830 g/mol. The van der Waals surface area contributed by atoms with Gasteiger partial charge in [0.15, 0.2) is 11.2 Å². The van der Waals surface area contributed by atoms with Crippen LogP contribution in [0.2, 0.25) is 0 Å². The number of carboxylic acids is 2. The van der Waals surface area contributed by atoms with E-state index in [-0.39, 0.29) is 210 Å². The predicted octanol–water partition coefficient (Wildman–Crippen LogP) is 4.41. The number of carboxylic acid groups (broad SMARTS) is 2. The van der Waals surface area contributed by atoms with Crippen LogP contribution in [0.1, 0.15) is 167 Å². The Kier molecular flexibility index (Phi) is 66.8. The van der Waals surface area contributed by atoms with Gasteiger partial charge in [-0.3, -0.25) is 33.6 Å². The van der Waals surface area contributed by atoms with Gasteiger partial charge < -0.3 is 100 Å². The molecule has 34 nitrogen and oxygen atoms in total. The molecule has 5 saturated carbocycles. The van der Waals surface area contributed by atoms with Gasteiger partial charge in [-0.15, -0.1) is 46.4 Å². The molecule has 1 saturated heterocycles. The Hall–Kier alpha value is -6.15. The van der Waals surface area contributed by atoms with E-state index >= 15 is 0 Å². The Labute approximate surface area is 807 Å². The molecule has 120 heavy (non-hydrogen) atoms. The molecule has 0 bridgehead atoms. The first kappa shape index (κ1) is 122. The van der Waals surface area contributed by atoms with Crippen molar-refractivity contribution in [3.05, 3.63) is 120 Å². The van der Waals surface area contributed by atoms with Crippen molar-refractivity contribution in [1.29, 1.82) is 0 Å². The van der Waals surface area contributed by atoms with Crippen LogP contribution in [0, 0.1) is 28.1 Å². The van der Waals surface area contributed by atoms with Gasteiger partial charge >= 0.3 is 175 Å². The van der Waals surface area contributed by atoms with Gasteiger partial charge in [0.25, 0.3) is 6.47 Å². The molecule has 1 aliphatic heterocycles. The molecule has 6 aliphatic rings. The number of halogens is 4. The first-order valence-corrected chi connectivity index (χ1v) is 38.9.